The number of amides is 1. The number of carbonyl (C=O) groups excluding carboxylic acids is 1. The standard InChI is InChI=1S/C13H19BrN2OS/c14-12-7-6-11(18-12)4-1-5-13(17)16-8-2-3-10(15)9-16/h6-7,10H,1-5,8-9,15H2. The minimum Gasteiger partial charge on any atom is -0.341 e. The average molecular weight is 331 g/mol. The molecule has 3 nitrogen and oxygen atoms in total. The number of thiophene rings is 1. The van der Waals surface area contributed by atoms with E-state index in [0.717, 1.165) is 42.6 Å². The Balaban J connectivity index is 1.71. The summed E-state index contributed by atoms with van der Waals surface area (Å²) in [5, 5.41) is 0. The highest BCUT2D eigenvalue weighted by Crippen LogP contribution is 2.23. The lowest BCUT2D eigenvalue weighted by atomic mass is 10.1. The molecule has 1 unspecified atom stereocenters. The lowest BCUT2D eigenvalue weighted by Crippen LogP contribution is -2.45. The van der Waals surface area contributed by atoms with E-state index in [0.29, 0.717) is 6.42 Å². The third kappa shape index (κ3) is 4.07. The normalized spacial score (nSPS) is 20.1. The Morgan fingerprint density at radius 3 is 3.06 bits per heavy atom. The van der Waals surface area contributed by atoms with E-state index in [1.807, 2.05) is 4.90 Å². The molecule has 1 aromatic heterocycles. The lowest BCUT2D eigenvalue weighted by Gasteiger charge is -2.30. The molecule has 1 saturated heterocycles. The van der Waals surface area contributed by atoms with E-state index in [9.17, 15) is 4.79 Å². The summed E-state index contributed by atoms with van der Waals surface area (Å²) in [6.45, 7) is 1.63. The molecule has 0 saturated carbocycles. The quantitative estimate of drug-likeness (QED) is 0.922. The third-order valence-electron chi connectivity index (χ3n) is 3.25. The summed E-state index contributed by atoms with van der Waals surface area (Å²) in [6.07, 6.45) is 4.65. The van der Waals surface area contributed by atoms with Crippen LogP contribution >= 0.6 is 27.3 Å². The molecule has 2 heterocycles. The number of halogens is 1. The first-order valence-electron chi connectivity index (χ1n) is 6.43. The predicted octanol–water partition coefficient (Wildman–Crippen LogP) is 2.78. The summed E-state index contributed by atoms with van der Waals surface area (Å²) in [5.41, 5.74) is 5.89. The maximum absolute atomic E-state index is 12.0. The summed E-state index contributed by atoms with van der Waals surface area (Å²) in [7, 11) is 0. The Morgan fingerprint density at radius 2 is 2.39 bits per heavy atom. The smallest absolute Gasteiger partial charge is 0.222 e. The highest BCUT2D eigenvalue weighted by atomic mass is 79.9. The molecule has 1 fully saturated rings. The molecule has 0 aromatic carbocycles. The van der Waals surface area contributed by atoms with E-state index in [4.69, 9.17) is 5.73 Å². The van der Waals surface area contributed by atoms with Gasteiger partial charge in [-0.3, -0.25) is 4.79 Å². The van der Waals surface area contributed by atoms with Gasteiger partial charge >= 0.3 is 0 Å². The van der Waals surface area contributed by atoms with Crippen LogP contribution in [0.5, 0.6) is 0 Å². The zero-order valence-corrected chi connectivity index (χ0v) is 12.8. The Hall–Kier alpha value is -0.390. The summed E-state index contributed by atoms with van der Waals surface area (Å²) in [6, 6.07) is 4.36. The molecule has 0 aliphatic carbocycles. The van der Waals surface area contributed by atoms with E-state index in [1.165, 1.54) is 4.88 Å². The van der Waals surface area contributed by atoms with E-state index in [-0.39, 0.29) is 11.9 Å². The van der Waals surface area contributed by atoms with Gasteiger partial charge in [0.2, 0.25) is 5.91 Å². The number of aryl methyl sites for hydroxylation is 1. The number of hydrogen-bond acceptors (Lipinski definition) is 3. The number of hydrogen-bond donors (Lipinski definition) is 1. The minimum atomic E-state index is 0.177. The van der Waals surface area contributed by atoms with Crippen molar-refractivity contribution in [3.8, 4) is 0 Å². The van der Waals surface area contributed by atoms with E-state index in [1.54, 1.807) is 11.3 Å². The Labute approximate surface area is 120 Å². The van der Waals surface area contributed by atoms with Crippen LogP contribution in [0, 0.1) is 0 Å². The van der Waals surface area contributed by atoms with Crippen LogP contribution in [0.15, 0.2) is 15.9 Å². The first-order chi connectivity index (χ1) is 8.65. The lowest BCUT2D eigenvalue weighted by molar-refractivity contribution is -0.132. The fourth-order valence-electron chi connectivity index (χ4n) is 2.29. The van der Waals surface area contributed by atoms with Crippen LogP contribution in [0.25, 0.3) is 0 Å². The van der Waals surface area contributed by atoms with Crippen molar-refractivity contribution in [2.45, 2.75) is 38.1 Å². The van der Waals surface area contributed by atoms with Gasteiger partial charge in [-0.25, -0.2) is 0 Å². The van der Waals surface area contributed by atoms with E-state index in [2.05, 4.69) is 28.1 Å². The average Bonchev–Trinajstić information content (AvgIpc) is 2.75. The van der Waals surface area contributed by atoms with Crippen molar-refractivity contribution in [2.75, 3.05) is 13.1 Å². The molecule has 0 radical (unpaired) electrons. The van der Waals surface area contributed by atoms with Crippen LogP contribution in [-0.4, -0.2) is 29.9 Å². The van der Waals surface area contributed by atoms with Gasteiger partial charge in [-0.05, 0) is 53.7 Å². The van der Waals surface area contributed by atoms with Crippen LogP contribution in [0.3, 0.4) is 0 Å². The van der Waals surface area contributed by atoms with Gasteiger partial charge in [-0.1, -0.05) is 0 Å². The first-order valence-corrected chi connectivity index (χ1v) is 8.03. The molecule has 1 amide bonds. The molecular weight excluding hydrogens is 312 g/mol. The van der Waals surface area contributed by atoms with Crippen molar-refractivity contribution in [2.24, 2.45) is 5.73 Å². The van der Waals surface area contributed by atoms with Crippen LogP contribution in [0.4, 0.5) is 0 Å². The van der Waals surface area contributed by atoms with Crippen LogP contribution in [0.2, 0.25) is 0 Å². The number of nitrogens with zero attached hydrogens (tertiary/aromatic N) is 1. The number of nitrogens with two attached hydrogens (primary N) is 1. The fraction of sp³-hybridized carbons (Fsp3) is 0.615. The molecule has 1 aromatic rings. The van der Waals surface area contributed by atoms with Gasteiger partial charge in [-0.2, -0.15) is 0 Å². The van der Waals surface area contributed by atoms with Crippen molar-refractivity contribution in [1.29, 1.82) is 0 Å². The van der Waals surface area contributed by atoms with Gasteiger partial charge in [0, 0.05) is 30.4 Å². The number of likely N-dealkylation sites (tertiary alicyclic amines) is 1. The molecule has 18 heavy (non-hydrogen) atoms. The topological polar surface area (TPSA) is 46.3 Å². The van der Waals surface area contributed by atoms with Crippen LogP contribution < -0.4 is 5.73 Å². The van der Waals surface area contributed by atoms with Crippen molar-refractivity contribution in [3.05, 3.63) is 20.8 Å². The second-order valence-corrected chi connectivity index (χ2v) is 7.35. The Morgan fingerprint density at radius 1 is 1.56 bits per heavy atom. The number of rotatable bonds is 4. The molecule has 2 rings (SSSR count). The van der Waals surface area contributed by atoms with E-state index >= 15 is 0 Å². The highest BCUT2D eigenvalue weighted by molar-refractivity contribution is 9.11. The maximum Gasteiger partial charge on any atom is 0.222 e. The molecular formula is C13H19BrN2OS. The van der Waals surface area contributed by atoms with E-state index < -0.39 is 0 Å². The minimum absolute atomic E-state index is 0.177. The predicted molar refractivity (Wildman–Crippen MR) is 78.7 cm³/mol. The van der Waals surface area contributed by atoms with Gasteiger partial charge < -0.3 is 10.6 Å². The summed E-state index contributed by atoms with van der Waals surface area (Å²) >= 11 is 5.20. The zero-order chi connectivity index (χ0) is 13.0. The van der Waals surface area contributed by atoms with Gasteiger partial charge in [0.1, 0.15) is 0 Å². The second kappa shape index (κ2) is 6.68. The molecule has 0 bridgehead atoms. The maximum atomic E-state index is 12.0. The van der Waals surface area contributed by atoms with Crippen molar-refractivity contribution in [1.82, 2.24) is 4.90 Å². The molecule has 1 atom stereocenters. The summed E-state index contributed by atoms with van der Waals surface area (Å²) < 4.78 is 1.16. The Kier molecular flexibility index (Phi) is 5.21. The van der Waals surface area contributed by atoms with Gasteiger partial charge in [0.15, 0.2) is 0 Å². The largest absolute Gasteiger partial charge is 0.341 e. The third-order valence-corrected chi connectivity index (χ3v) is 4.94. The van der Waals surface area contributed by atoms with Crippen LogP contribution in [-0.2, 0) is 11.2 Å². The summed E-state index contributed by atoms with van der Waals surface area (Å²) in [5.74, 6) is 0.265. The van der Waals surface area contributed by atoms with Gasteiger partial charge in [-0.15, -0.1) is 11.3 Å². The molecule has 1 aliphatic heterocycles. The molecule has 1 aliphatic rings. The van der Waals surface area contributed by atoms with Crippen molar-refractivity contribution < 1.29 is 4.79 Å². The van der Waals surface area contributed by atoms with Gasteiger partial charge in [0.25, 0.3) is 0 Å². The second-order valence-electron chi connectivity index (χ2n) is 4.80. The number of piperidine rings is 1. The first kappa shape index (κ1) is 14.0. The fourth-order valence-corrected chi connectivity index (χ4v) is 3.82. The zero-order valence-electron chi connectivity index (χ0n) is 10.4. The monoisotopic (exact) mass is 330 g/mol. The van der Waals surface area contributed by atoms with Crippen molar-refractivity contribution >= 4 is 33.2 Å². The SMILES string of the molecule is NC1CCCN(C(=O)CCCc2ccc(Br)s2)C1. The van der Waals surface area contributed by atoms with Crippen molar-refractivity contribution in [3.63, 3.8) is 0 Å². The van der Waals surface area contributed by atoms with Gasteiger partial charge in [0.05, 0.1) is 3.79 Å². The molecule has 100 valence electrons. The van der Waals surface area contributed by atoms with Crippen LogP contribution in [0.1, 0.15) is 30.6 Å². The molecule has 5 heteroatoms. The Bertz CT molecular complexity index is 407. The number of carbonyl (C=O) groups is 1. The highest BCUT2D eigenvalue weighted by Gasteiger charge is 2.20. The molecule has 0 spiro atoms. The molecule has 2 N–H and O–H groups in total. The summed E-state index contributed by atoms with van der Waals surface area (Å²) in [4.78, 5) is 15.3.